The highest BCUT2D eigenvalue weighted by molar-refractivity contribution is 9.10. The molecule has 1 amide bonds. The summed E-state index contributed by atoms with van der Waals surface area (Å²) in [5.41, 5.74) is 2.28. The molecule has 0 spiro atoms. The van der Waals surface area contributed by atoms with Crippen molar-refractivity contribution in [3.05, 3.63) is 64.4 Å². The third-order valence-corrected chi connectivity index (χ3v) is 4.04. The second-order valence-corrected chi connectivity index (χ2v) is 6.18. The van der Waals surface area contributed by atoms with Crippen molar-refractivity contribution >= 4 is 21.8 Å². The standard InChI is InChI=1S/C17H19BrN2O/c1-13(15-7-9-19-10-8-15)11-17(21)20(2)12-14-3-5-16(18)6-4-14/h3-10,13H,11-12H2,1-2H3. The number of carbonyl (C=O) groups excluding carboxylic acids is 1. The van der Waals surface area contributed by atoms with Gasteiger partial charge in [-0.2, -0.15) is 0 Å². The first-order valence-corrected chi connectivity index (χ1v) is 7.74. The summed E-state index contributed by atoms with van der Waals surface area (Å²) in [6.07, 6.45) is 4.04. The van der Waals surface area contributed by atoms with Gasteiger partial charge in [-0.15, -0.1) is 0 Å². The minimum absolute atomic E-state index is 0.155. The van der Waals surface area contributed by atoms with E-state index in [0.29, 0.717) is 13.0 Å². The molecule has 1 aromatic heterocycles. The van der Waals surface area contributed by atoms with Crippen LogP contribution < -0.4 is 0 Å². The Kier molecular flexibility index (Phi) is 5.51. The molecule has 1 aromatic carbocycles. The molecule has 0 bridgehead atoms. The van der Waals surface area contributed by atoms with Crippen LogP contribution in [0.2, 0.25) is 0 Å². The molecule has 0 aliphatic rings. The molecule has 21 heavy (non-hydrogen) atoms. The summed E-state index contributed by atoms with van der Waals surface area (Å²) in [5, 5.41) is 0. The van der Waals surface area contributed by atoms with Gasteiger partial charge >= 0.3 is 0 Å². The molecule has 110 valence electrons. The zero-order chi connectivity index (χ0) is 15.2. The number of amides is 1. The van der Waals surface area contributed by atoms with Crippen LogP contribution in [0, 0.1) is 0 Å². The normalized spacial score (nSPS) is 12.0. The summed E-state index contributed by atoms with van der Waals surface area (Å²) >= 11 is 3.41. The molecule has 0 N–H and O–H groups in total. The fraction of sp³-hybridized carbons (Fsp3) is 0.294. The monoisotopic (exact) mass is 346 g/mol. The molecule has 2 rings (SSSR count). The third kappa shape index (κ3) is 4.67. The number of halogens is 1. The minimum atomic E-state index is 0.155. The first kappa shape index (κ1) is 15.7. The lowest BCUT2D eigenvalue weighted by atomic mass is 9.98. The molecule has 0 saturated heterocycles. The molecule has 3 nitrogen and oxygen atoms in total. The molecule has 0 fully saturated rings. The van der Waals surface area contributed by atoms with E-state index in [1.54, 1.807) is 17.3 Å². The van der Waals surface area contributed by atoms with Gasteiger partial charge in [0.25, 0.3) is 0 Å². The molecule has 0 aliphatic carbocycles. The summed E-state index contributed by atoms with van der Waals surface area (Å²) in [4.78, 5) is 18.1. The van der Waals surface area contributed by atoms with E-state index in [2.05, 4.69) is 27.8 Å². The van der Waals surface area contributed by atoms with Gasteiger partial charge < -0.3 is 4.90 Å². The largest absolute Gasteiger partial charge is 0.341 e. The zero-order valence-corrected chi connectivity index (χ0v) is 13.9. The number of benzene rings is 1. The van der Waals surface area contributed by atoms with E-state index in [4.69, 9.17) is 0 Å². The molecule has 2 aromatic rings. The van der Waals surface area contributed by atoms with E-state index >= 15 is 0 Å². The summed E-state index contributed by atoms with van der Waals surface area (Å²) in [5.74, 6) is 0.357. The van der Waals surface area contributed by atoms with Crippen LogP contribution in [0.5, 0.6) is 0 Å². The van der Waals surface area contributed by atoms with Gasteiger partial charge in [-0.3, -0.25) is 9.78 Å². The highest BCUT2D eigenvalue weighted by Gasteiger charge is 2.15. The molecule has 4 heteroatoms. The Labute approximate surface area is 134 Å². The minimum Gasteiger partial charge on any atom is -0.341 e. The van der Waals surface area contributed by atoms with Crippen molar-refractivity contribution in [2.45, 2.75) is 25.8 Å². The van der Waals surface area contributed by atoms with Crippen LogP contribution in [0.25, 0.3) is 0 Å². The van der Waals surface area contributed by atoms with Crippen molar-refractivity contribution in [2.75, 3.05) is 7.05 Å². The smallest absolute Gasteiger partial charge is 0.223 e. The summed E-state index contributed by atoms with van der Waals surface area (Å²) in [7, 11) is 1.85. The second-order valence-electron chi connectivity index (χ2n) is 5.26. The highest BCUT2D eigenvalue weighted by atomic mass is 79.9. The lowest BCUT2D eigenvalue weighted by Gasteiger charge is -2.20. The Morgan fingerprint density at radius 1 is 1.19 bits per heavy atom. The van der Waals surface area contributed by atoms with E-state index in [9.17, 15) is 4.79 Å². The number of carbonyl (C=O) groups is 1. The van der Waals surface area contributed by atoms with E-state index in [1.807, 2.05) is 43.4 Å². The van der Waals surface area contributed by atoms with Crippen LogP contribution >= 0.6 is 15.9 Å². The van der Waals surface area contributed by atoms with Crippen molar-refractivity contribution in [3.8, 4) is 0 Å². The first-order chi connectivity index (χ1) is 10.1. The Hall–Kier alpha value is -1.68. The molecular weight excluding hydrogens is 328 g/mol. The van der Waals surface area contributed by atoms with Gasteiger partial charge in [0, 0.05) is 36.9 Å². The highest BCUT2D eigenvalue weighted by Crippen LogP contribution is 2.19. The Bertz CT molecular complexity index is 583. The van der Waals surface area contributed by atoms with Crippen molar-refractivity contribution in [1.29, 1.82) is 0 Å². The number of hydrogen-bond donors (Lipinski definition) is 0. The molecular formula is C17H19BrN2O. The number of rotatable bonds is 5. The number of hydrogen-bond acceptors (Lipinski definition) is 2. The third-order valence-electron chi connectivity index (χ3n) is 3.51. The van der Waals surface area contributed by atoms with Gasteiger partial charge in [0.2, 0.25) is 5.91 Å². The number of pyridine rings is 1. The van der Waals surface area contributed by atoms with Gasteiger partial charge in [-0.25, -0.2) is 0 Å². The van der Waals surface area contributed by atoms with Crippen molar-refractivity contribution in [1.82, 2.24) is 9.88 Å². The van der Waals surface area contributed by atoms with Gasteiger partial charge in [-0.05, 0) is 41.3 Å². The van der Waals surface area contributed by atoms with Crippen LogP contribution in [0.3, 0.4) is 0 Å². The van der Waals surface area contributed by atoms with Crippen molar-refractivity contribution in [2.24, 2.45) is 0 Å². The van der Waals surface area contributed by atoms with E-state index in [0.717, 1.165) is 15.6 Å². The number of aromatic nitrogens is 1. The lowest BCUT2D eigenvalue weighted by Crippen LogP contribution is -2.27. The lowest BCUT2D eigenvalue weighted by molar-refractivity contribution is -0.130. The summed E-state index contributed by atoms with van der Waals surface area (Å²) in [6, 6.07) is 12.0. The Balaban J connectivity index is 1.92. The average molecular weight is 347 g/mol. The molecule has 0 aliphatic heterocycles. The van der Waals surface area contributed by atoms with Crippen LogP contribution in [0.4, 0.5) is 0 Å². The van der Waals surface area contributed by atoms with Crippen LogP contribution in [-0.2, 0) is 11.3 Å². The molecule has 1 heterocycles. The van der Waals surface area contributed by atoms with Gasteiger partial charge in [0.05, 0.1) is 0 Å². The summed E-state index contributed by atoms with van der Waals surface area (Å²) < 4.78 is 1.05. The van der Waals surface area contributed by atoms with E-state index in [1.165, 1.54) is 0 Å². The molecule has 0 radical (unpaired) electrons. The first-order valence-electron chi connectivity index (χ1n) is 6.94. The van der Waals surface area contributed by atoms with Crippen molar-refractivity contribution < 1.29 is 4.79 Å². The zero-order valence-electron chi connectivity index (χ0n) is 12.3. The molecule has 1 atom stereocenters. The van der Waals surface area contributed by atoms with Gasteiger partial charge in [0.1, 0.15) is 0 Å². The van der Waals surface area contributed by atoms with Gasteiger partial charge in [-0.1, -0.05) is 35.0 Å². The van der Waals surface area contributed by atoms with E-state index in [-0.39, 0.29) is 11.8 Å². The maximum atomic E-state index is 12.3. The average Bonchev–Trinajstić information content (AvgIpc) is 2.50. The molecule has 0 saturated carbocycles. The second kappa shape index (κ2) is 7.36. The maximum Gasteiger partial charge on any atom is 0.223 e. The summed E-state index contributed by atoms with van der Waals surface area (Å²) in [6.45, 7) is 2.70. The number of nitrogens with zero attached hydrogens (tertiary/aromatic N) is 2. The van der Waals surface area contributed by atoms with Crippen molar-refractivity contribution in [3.63, 3.8) is 0 Å². The predicted octanol–water partition coefficient (Wildman–Crippen LogP) is 4.00. The van der Waals surface area contributed by atoms with Crippen LogP contribution in [0.15, 0.2) is 53.3 Å². The van der Waals surface area contributed by atoms with E-state index < -0.39 is 0 Å². The quantitative estimate of drug-likeness (QED) is 0.819. The Morgan fingerprint density at radius 2 is 1.81 bits per heavy atom. The fourth-order valence-electron chi connectivity index (χ4n) is 2.18. The van der Waals surface area contributed by atoms with Crippen LogP contribution in [-0.4, -0.2) is 22.8 Å². The Morgan fingerprint density at radius 3 is 2.43 bits per heavy atom. The predicted molar refractivity (Wildman–Crippen MR) is 87.9 cm³/mol. The maximum absolute atomic E-state index is 12.3. The van der Waals surface area contributed by atoms with Crippen LogP contribution in [0.1, 0.15) is 30.4 Å². The topological polar surface area (TPSA) is 33.2 Å². The van der Waals surface area contributed by atoms with Gasteiger partial charge in [0.15, 0.2) is 0 Å². The SMILES string of the molecule is CC(CC(=O)N(C)Cc1ccc(Br)cc1)c1ccncc1. The fourth-order valence-corrected chi connectivity index (χ4v) is 2.44. The molecule has 1 unspecified atom stereocenters.